The van der Waals surface area contributed by atoms with Gasteiger partial charge in [0, 0.05) is 26.7 Å². The Morgan fingerprint density at radius 1 is 1.19 bits per heavy atom. The molecule has 0 aliphatic carbocycles. The molecule has 0 atom stereocenters. The maximum atomic E-state index is 12.8. The first-order valence-electron chi connectivity index (χ1n) is 8.39. The van der Waals surface area contributed by atoms with E-state index in [0.717, 1.165) is 24.2 Å². The molecule has 1 aliphatic heterocycles. The van der Waals surface area contributed by atoms with Crippen LogP contribution >= 0.6 is 11.3 Å². The van der Waals surface area contributed by atoms with E-state index in [4.69, 9.17) is 4.74 Å². The second-order valence-electron chi connectivity index (χ2n) is 6.23. The molecule has 2 heterocycles. The molecular weight excluding hydrogens is 372 g/mol. The minimum atomic E-state index is -3.61. The predicted molar refractivity (Wildman–Crippen MR) is 101 cm³/mol. The topological polar surface area (TPSA) is 66.9 Å². The second kappa shape index (κ2) is 7.77. The van der Waals surface area contributed by atoms with Crippen LogP contribution in [0.4, 0.5) is 0 Å². The summed E-state index contributed by atoms with van der Waals surface area (Å²) in [5, 5.41) is 1.66. The van der Waals surface area contributed by atoms with Gasteiger partial charge in [-0.3, -0.25) is 4.79 Å². The Bertz CT molecular complexity index is 869. The van der Waals surface area contributed by atoms with Crippen LogP contribution in [0.15, 0.2) is 40.6 Å². The van der Waals surface area contributed by atoms with Crippen molar-refractivity contribution >= 4 is 27.3 Å². The molecule has 8 heteroatoms. The summed E-state index contributed by atoms with van der Waals surface area (Å²) >= 11 is 1.17. The zero-order valence-corrected chi connectivity index (χ0v) is 16.5. The van der Waals surface area contributed by atoms with Gasteiger partial charge in [0.25, 0.3) is 5.91 Å². The molecule has 26 heavy (non-hydrogen) atoms. The van der Waals surface area contributed by atoms with E-state index in [1.165, 1.54) is 26.6 Å². The summed E-state index contributed by atoms with van der Waals surface area (Å²) in [6.45, 7) is 1.44. The number of sulfonamides is 1. The highest BCUT2D eigenvalue weighted by molar-refractivity contribution is 7.89. The molecule has 6 nitrogen and oxygen atoms in total. The Morgan fingerprint density at radius 3 is 2.46 bits per heavy atom. The number of benzene rings is 1. The molecule has 3 rings (SSSR count). The Hall–Kier alpha value is -1.90. The van der Waals surface area contributed by atoms with Gasteiger partial charge in [-0.2, -0.15) is 4.31 Å². The third-order valence-corrected chi connectivity index (χ3v) is 7.40. The Kier molecular flexibility index (Phi) is 5.64. The molecule has 1 aromatic carbocycles. The van der Waals surface area contributed by atoms with E-state index < -0.39 is 10.0 Å². The summed E-state index contributed by atoms with van der Waals surface area (Å²) in [5.74, 6) is 0.466. The van der Waals surface area contributed by atoms with Gasteiger partial charge in [0.2, 0.25) is 10.0 Å². The van der Waals surface area contributed by atoms with Crippen LogP contribution in [-0.2, 0) is 16.6 Å². The quantitative estimate of drug-likeness (QED) is 0.756. The number of hydrogen-bond donors (Lipinski definition) is 0. The van der Waals surface area contributed by atoms with Gasteiger partial charge in [0.1, 0.15) is 15.5 Å². The van der Waals surface area contributed by atoms with E-state index in [-0.39, 0.29) is 15.7 Å². The maximum Gasteiger partial charge on any atom is 0.265 e. The van der Waals surface area contributed by atoms with Gasteiger partial charge in [0.05, 0.1) is 7.11 Å². The van der Waals surface area contributed by atoms with Crippen molar-refractivity contribution in [3.05, 3.63) is 46.2 Å². The van der Waals surface area contributed by atoms with E-state index in [2.05, 4.69) is 0 Å². The SMILES string of the molecule is COc1ccc(CN(C)C(=O)c2sccc2S(=O)(=O)N2CCCC2)cc1. The number of thiophene rings is 1. The molecule has 0 saturated carbocycles. The first-order chi connectivity index (χ1) is 12.4. The van der Waals surface area contributed by atoms with Crippen LogP contribution in [0.5, 0.6) is 5.75 Å². The first kappa shape index (κ1) is 18.9. The normalized spacial score (nSPS) is 15.2. The Labute approximate surface area is 158 Å². The number of amides is 1. The minimum Gasteiger partial charge on any atom is -0.497 e. The molecule has 1 fully saturated rings. The monoisotopic (exact) mass is 394 g/mol. The molecule has 0 radical (unpaired) electrons. The summed E-state index contributed by atoms with van der Waals surface area (Å²) < 4.78 is 32.2. The van der Waals surface area contributed by atoms with Crippen molar-refractivity contribution < 1.29 is 17.9 Å². The van der Waals surface area contributed by atoms with E-state index in [1.54, 1.807) is 19.5 Å². The fraction of sp³-hybridized carbons (Fsp3) is 0.389. The lowest BCUT2D eigenvalue weighted by atomic mass is 10.2. The predicted octanol–water partition coefficient (Wildman–Crippen LogP) is 2.81. The summed E-state index contributed by atoms with van der Waals surface area (Å²) in [7, 11) is -0.327. The zero-order chi connectivity index (χ0) is 18.7. The van der Waals surface area contributed by atoms with E-state index in [0.29, 0.717) is 19.6 Å². The molecule has 140 valence electrons. The largest absolute Gasteiger partial charge is 0.497 e. The van der Waals surface area contributed by atoms with Crippen LogP contribution < -0.4 is 4.74 Å². The average molecular weight is 395 g/mol. The molecule has 0 N–H and O–H groups in total. The van der Waals surface area contributed by atoms with Crippen molar-refractivity contribution in [1.29, 1.82) is 0 Å². The van der Waals surface area contributed by atoms with Crippen LogP contribution in [-0.4, -0.2) is 50.8 Å². The number of ether oxygens (including phenoxy) is 1. The molecule has 0 unspecified atom stereocenters. The highest BCUT2D eigenvalue weighted by Gasteiger charge is 2.32. The number of carbonyl (C=O) groups excluding carboxylic acids is 1. The fourth-order valence-electron chi connectivity index (χ4n) is 2.97. The molecular formula is C18H22N2O4S2. The number of methoxy groups -OCH3 is 1. The molecule has 1 aromatic heterocycles. The van der Waals surface area contributed by atoms with Crippen molar-refractivity contribution in [3.63, 3.8) is 0 Å². The smallest absolute Gasteiger partial charge is 0.265 e. The maximum absolute atomic E-state index is 12.8. The van der Waals surface area contributed by atoms with Crippen LogP contribution in [0.2, 0.25) is 0 Å². The minimum absolute atomic E-state index is 0.121. The molecule has 1 amide bonds. The third-order valence-electron chi connectivity index (χ3n) is 4.43. The van der Waals surface area contributed by atoms with Gasteiger partial charge in [-0.05, 0) is 42.0 Å². The van der Waals surface area contributed by atoms with Crippen LogP contribution in [0, 0.1) is 0 Å². The first-order valence-corrected chi connectivity index (χ1v) is 10.7. The van der Waals surface area contributed by atoms with Gasteiger partial charge in [-0.1, -0.05) is 12.1 Å². The number of carbonyl (C=O) groups is 1. The van der Waals surface area contributed by atoms with Crippen LogP contribution in [0.3, 0.4) is 0 Å². The second-order valence-corrected chi connectivity index (χ2v) is 9.06. The van der Waals surface area contributed by atoms with Crippen molar-refractivity contribution in [3.8, 4) is 5.75 Å². The molecule has 0 spiro atoms. The summed E-state index contributed by atoms with van der Waals surface area (Å²) in [6.07, 6.45) is 1.73. The number of hydrogen-bond acceptors (Lipinski definition) is 5. The Morgan fingerprint density at radius 2 is 1.85 bits per heavy atom. The van der Waals surface area contributed by atoms with Crippen molar-refractivity contribution in [2.45, 2.75) is 24.3 Å². The summed E-state index contributed by atoms with van der Waals surface area (Å²) in [6, 6.07) is 8.98. The summed E-state index contributed by atoms with van der Waals surface area (Å²) in [4.78, 5) is 14.8. The van der Waals surface area contributed by atoms with Gasteiger partial charge in [-0.15, -0.1) is 11.3 Å². The van der Waals surface area contributed by atoms with Gasteiger partial charge in [-0.25, -0.2) is 8.42 Å². The Balaban J connectivity index is 1.78. The molecule has 2 aromatic rings. The van der Waals surface area contributed by atoms with Crippen LogP contribution in [0.25, 0.3) is 0 Å². The van der Waals surface area contributed by atoms with Gasteiger partial charge in [0.15, 0.2) is 0 Å². The number of rotatable bonds is 6. The standard InChI is InChI=1S/C18H22N2O4S2/c1-19(13-14-5-7-15(24-2)8-6-14)18(21)17-16(9-12-25-17)26(22,23)20-10-3-4-11-20/h5-9,12H,3-4,10-11,13H2,1-2H3. The molecule has 0 bridgehead atoms. The van der Waals surface area contributed by atoms with Crippen molar-refractivity contribution in [1.82, 2.24) is 9.21 Å². The zero-order valence-electron chi connectivity index (χ0n) is 14.8. The van der Waals surface area contributed by atoms with Crippen molar-refractivity contribution in [2.24, 2.45) is 0 Å². The molecule has 1 aliphatic rings. The van der Waals surface area contributed by atoms with E-state index in [9.17, 15) is 13.2 Å². The lowest BCUT2D eigenvalue weighted by Crippen LogP contribution is -2.31. The fourth-order valence-corrected chi connectivity index (χ4v) is 5.88. The highest BCUT2D eigenvalue weighted by Crippen LogP contribution is 2.28. The average Bonchev–Trinajstić information content (AvgIpc) is 3.33. The molecule has 1 saturated heterocycles. The lowest BCUT2D eigenvalue weighted by Gasteiger charge is -2.19. The highest BCUT2D eigenvalue weighted by atomic mass is 32.2. The third kappa shape index (κ3) is 3.77. The van der Waals surface area contributed by atoms with E-state index in [1.807, 2.05) is 24.3 Å². The number of nitrogens with zero attached hydrogens (tertiary/aromatic N) is 2. The van der Waals surface area contributed by atoms with Gasteiger partial charge >= 0.3 is 0 Å². The van der Waals surface area contributed by atoms with Crippen molar-refractivity contribution in [2.75, 3.05) is 27.2 Å². The van der Waals surface area contributed by atoms with E-state index >= 15 is 0 Å². The van der Waals surface area contributed by atoms with Crippen LogP contribution in [0.1, 0.15) is 28.1 Å². The summed E-state index contributed by atoms with van der Waals surface area (Å²) in [5.41, 5.74) is 0.946. The van der Waals surface area contributed by atoms with Gasteiger partial charge < -0.3 is 9.64 Å². The lowest BCUT2D eigenvalue weighted by molar-refractivity contribution is 0.0786.